The lowest BCUT2D eigenvalue weighted by atomic mass is 10.1. The van der Waals surface area contributed by atoms with Crippen LogP contribution in [0.15, 0.2) is 59.4 Å². The Morgan fingerprint density at radius 2 is 1.82 bits per heavy atom. The maximum Gasteiger partial charge on any atom is 0.263 e. The molecule has 6 nitrogen and oxygen atoms in total. The Bertz CT molecular complexity index is 1070. The van der Waals surface area contributed by atoms with E-state index in [0.717, 1.165) is 22.6 Å². The standard InChI is InChI=1S/C22H20N2O4/c1-15-9-19(23-11-17-7-8-20-21(10-17)28-14-27-20)18(13-25)22(26)24(15)12-16-5-3-2-4-6-16/h2-10,13,23H,11-12,14H2,1H3. The summed E-state index contributed by atoms with van der Waals surface area (Å²) >= 11 is 0. The van der Waals surface area contributed by atoms with Crippen molar-refractivity contribution in [1.29, 1.82) is 0 Å². The number of hydrogen-bond acceptors (Lipinski definition) is 5. The van der Waals surface area contributed by atoms with Gasteiger partial charge < -0.3 is 19.4 Å². The van der Waals surface area contributed by atoms with E-state index in [0.29, 0.717) is 30.8 Å². The van der Waals surface area contributed by atoms with Crippen LogP contribution in [0.25, 0.3) is 0 Å². The number of rotatable bonds is 6. The molecule has 28 heavy (non-hydrogen) atoms. The summed E-state index contributed by atoms with van der Waals surface area (Å²) in [6.07, 6.45) is 0.616. The van der Waals surface area contributed by atoms with Crippen molar-refractivity contribution in [3.8, 4) is 11.5 Å². The van der Waals surface area contributed by atoms with Crippen molar-refractivity contribution in [2.45, 2.75) is 20.0 Å². The van der Waals surface area contributed by atoms with Crippen LogP contribution in [0.1, 0.15) is 27.2 Å². The molecule has 0 unspecified atom stereocenters. The Hall–Kier alpha value is -3.54. The van der Waals surface area contributed by atoms with Gasteiger partial charge in [-0.05, 0) is 36.2 Å². The second-order valence-electron chi connectivity index (χ2n) is 6.65. The molecule has 1 N–H and O–H groups in total. The number of anilines is 1. The second kappa shape index (κ2) is 7.60. The zero-order valence-corrected chi connectivity index (χ0v) is 15.5. The van der Waals surface area contributed by atoms with Gasteiger partial charge in [-0.3, -0.25) is 9.59 Å². The normalized spacial score (nSPS) is 12.0. The third-order valence-corrected chi connectivity index (χ3v) is 4.77. The molecule has 142 valence electrons. The zero-order valence-electron chi connectivity index (χ0n) is 15.5. The third-order valence-electron chi connectivity index (χ3n) is 4.77. The predicted molar refractivity (Wildman–Crippen MR) is 106 cm³/mol. The van der Waals surface area contributed by atoms with Crippen LogP contribution < -0.4 is 20.3 Å². The number of nitrogens with one attached hydrogen (secondary N) is 1. The molecule has 0 fully saturated rings. The number of aldehydes is 1. The van der Waals surface area contributed by atoms with E-state index in [9.17, 15) is 9.59 Å². The number of fused-ring (bicyclic) bond motifs is 1. The lowest BCUT2D eigenvalue weighted by molar-refractivity contribution is 0.112. The highest BCUT2D eigenvalue weighted by Gasteiger charge is 2.15. The number of pyridine rings is 1. The van der Waals surface area contributed by atoms with Crippen molar-refractivity contribution in [2.75, 3.05) is 12.1 Å². The molecule has 1 aliphatic rings. The van der Waals surface area contributed by atoms with Crippen LogP contribution in [0.4, 0.5) is 5.69 Å². The SMILES string of the molecule is Cc1cc(NCc2ccc3c(c2)OCO3)c(C=O)c(=O)n1Cc1ccccc1. The first-order chi connectivity index (χ1) is 13.7. The van der Waals surface area contributed by atoms with E-state index in [4.69, 9.17) is 9.47 Å². The molecule has 0 spiro atoms. The van der Waals surface area contributed by atoms with Gasteiger partial charge in [0.15, 0.2) is 17.8 Å². The van der Waals surface area contributed by atoms with E-state index >= 15 is 0 Å². The quantitative estimate of drug-likeness (QED) is 0.668. The van der Waals surface area contributed by atoms with Crippen LogP contribution >= 0.6 is 0 Å². The molecule has 0 aliphatic carbocycles. The highest BCUT2D eigenvalue weighted by molar-refractivity contribution is 5.83. The molecule has 2 heterocycles. The number of carbonyl (C=O) groups is 1. The zero-order chi connectivity index (χ0) is 19.5. The summed E-state index contributed by atoms with van der Waals surface area (Å²) in [7, 11) is 0. The van der Waals surface area contributed by atoms with Gasteiger partial charge >= 0.3 is 0 Å². The van der Waals surface area contributed by atoms with E-state index in [1.165, 1.54) is 0 Å². The summed E-state index contributed by atoms with van der Waals surface area (Å²) in [5.41, 5.74) is 3.11. The maximum atomic E-state index is 12.9. The minimum atomic E-state index is -0.299. The number of nitrogens with zero attached hydrogens (tertiary/aromatic N) is 1. The molecule has 0 amide bonds. The first-order valence-corrected chi connectivity index (χ1v) is 9.01. The first-order valence-electron chi connectivity index (χ1n) is 9.01. The van der Waals surface area contributed by atoms with Gasteiger partial charge in [-0.1, -0.05) is 36.4 Å². The maximum absolute atomic E-state index is 12.9. The lowest BCUT2D eigenvalue weighted by Crippen LogP contribution is -2.27. The highest BCUT2D eigenvalue weighted by atomic mass is 16.7. The number of benzene rings is 2. The molecule has 0 saturated carbocycles. The molecule has 0 radical (unpaired) electrons. The van der Waals surface area contributed by atoms with Crippen molar-refractivity contribution in [1.82, 2.24) is 4.57 Å². The van der Waals surface area contributed by atoms with Gasteiger partial charge in [-0.25, -0.2) is 0 Å². The van der Waals surface area contributed by atoms with E-state index in [1.807, 2.05) is 61.5 Å². The molecule has 0 bridgehead atoms. The highest BCUT2D eigenvalue weighted by Crippen LogP contribution is 2.32. The van der Waals surface area contributed by atoms with Crippen LogP contribution in [0, 0.1) is 6.92 Å². The summed E-state index contributed by atoms with van der Waals surface area (Å²) in [5, 5.41) is 3.20. The Balaban J connectivity index is 1.59. The summed E-state index contributed by atoms with van der Waals surface area (Å²) in [4.78, 5) is 24.5. The van der Waals surface area contributed by atoms with Gasteiger partial charge in [0.1, 0.15) is 5.56 Å². The Morgan fingerprint density at radius 1 is 1.04 bits per heavy atom. The van der Waals surface area contributed by atoms with E-state index in [1.54, 1.807) is 4.57 Å². The van der Waals surface area contributed by atoms with Crippen LogP contribution in [0.3, 0.4) is 0 Å². The smallest absolute Gasteiger partial charge is 0.263 e. The molecular formula is C22H20N2O4. The minimum Gasteiger partial charge on any atom is -0.454 e. The van der Waals surface area contributed by atoms with Crippen LogP contribution in [0.5, 0.6) is 11.5 Å². The van der Waals surface area contributed by atoms with Crippen molar-refractivity contribution in [3.63, 3.8) is 0 Å². The van der Waals surface area contributed by atoms with Gasteiger partial charge in [0.2, 0.25) is 6.79 Å². The fourth-order valence-corrected chi connectivity index (χ4v) is 3.26. The van der Waals surface area contributed by atoms with Crippen molar-refractivity contribution >= 4 is 12.0 Å². The van der Waals surface area contributed by atoms with Crippen LogP contribution in [0.2, 0.25) is 0 Å². The fraction of sp³-hybridized carbons (Fsp3) is 0.182. The molecular weight excluding hydrogens is 356 g/mol. The Labute approximate surface area is 162 Å². The largest absolute Gasteiger partial charge is 0.454 e. The molecule has 0 atom stereocenters. The van der Waals surface area contributed by atoms with Gasteiger partial charge in [0.25, 0.3) is 5.56 Å². The van der Waals surface area contributed by atoms with Crippen molar-refractivity contribution < 1.29 is 14.3 Å². The average molecular weight is 376 g/mol. The van der Waals surface area contributed by atoms with Gasteiger partial charge in [-0.15, -0.1) is 0 Å². The number of hydrogen-bond donors (Lipinski definition) is 1. The Kier molecular flexibility index (Phi) is 4.85. The van der Waals surface area contributed by atoms with Gasteiger partial charge in [0.05, 0.1) is 12.2 Å². The monoisotopic (exact) mass is 376 g/mol. The molecule has 1 aliphatic heterocycles. The third kappa shape index (κ3) is 3.49. The van der Waals surface area contributed by atoms with E-state index in [2.05, 4.69) is 5.32 Å². The second-order valence-corrected chi connectivity index (χ2v) is 6.65. The summed E-state index contributed by atoms with van der Waals surface area (Å²) in [5.74, 6) is 1.42. The van der Waals surface area contributed by atoms with Crippen LogP contribution in [-0.4, -0.2) is 17.6 Å². The number of aromatic nitrogens is 1. The molecule has 2 aromatic carbocycles. The first kappa shape index (κ1) is 17.9. The van der Waals surface area contributed by atoms with Gasteiger partial charge in [0, 0.05) is 12.2 Å². The summed E-state index contributed by atoms with van der Waals surface area (Å²) in [6.45, 7) is 2.97. The van der Waals surface area contributed by atoms with Crippen molar-refractivity contribution in [2.24, 2.45) is 0 Å². The molecule has 1 aromatic heterocycles. The number of aryl methyl sites for hydroxylation is 1. The predicted octanol–water partition coefficient (Wildman–Crippen LogP) is 3.36. The molecule has 3 aromatic rings. The molecule has 0 saturated heterocycles. The summed E-state index contributed by atoms with van der Waals surface area (Å²) in [6, 6.07) is 17.2. The van der Waals surface area contributed by atoms with Crippen LogP contribution in [-0.2, 0) is 13.1 Å². The topological polar surface area (TPSA) is 69.6 Å². The summed E-state index contributed by atoms with van der Waals surface area (Å²) < 4.78 is 12.3. The molecule has 6 heteroatoms. The molecule has 4 rings (SSSR count). The lowest BCUT2D eigenvalue weighted by Gasteiger charge is -2.15. The van der Waals surface area contributed by atoms with E-state index in [-0.39, 0.29) is 17.9 Å². The number of carbonyl (C=O) groups excluding carboxylic acids is 1. The fourth-order valence-electron chi connectivity index (χ4n) is 3.26. The average Bonchev–Trinajstić information content (AvgIpc) is 3.18. The van der Waals surface area contributed by atoms with Crippen molar-refractivity contribution in [3.05, 3.63) is 87.3 Å². The Morgan fingerprint density at radius 3 is 2.61 bits per heavy atom. The van der Waals surface area contributed by atoms with Gasteiger partial charge in [-0.2, -0.15) is 0 Å². The minimum absolute atomic E-state index is 0.127. The van der Waals surface area contributed by atoms with E-state index < -0.39 is 0 Å². The number of ether oxygens (including phenoxy) is 2.